The van der Waals surface area contributed by atoms with Gasteiger partial charge in [0.15, 0.2) is 0 Å². The highest BCUT2D eigenvalue weighted by atomic mass is 16.6. The van der Waals surface area contributed by atoms with E-state index in [4.69, 9.17) is 9.72 Å². The number of amides is 1. The predicted octanol–water partition coefficient (Wildman–Crippen LogP) is 2.46. The van der Waals surface area contributed by atoms with Gasteiger partial charge < -0.3 is 14.5 Å². The number of nitrogens with zero attached hydrogens (tertiary/aromatic N) is 6. The third kappa shape index (κ3) is 4.95. The number of aromatic nitrogens is 4. The lowest BCUT2D eigenvalue weighted by atomic mass is 10.2. The molecule has 0 bridgehead atoms. The van der Waals surface area contributed by atoms with E-state index in [2.05, 4.69) is 9.97 Å². The molecule has 1 aliphatic heterocycles. The van der Waals surface area contributed by atoms with Crippen LogP contribution in [0.2, 0.25) is 0 Å². The van der Waals surface area contributed by atoms with Gasteiger partial charge in [-0.2, -0.15) is 0 Å². The summed E-state index contributed by atoms with van der Waals surface area (Å²) in [6, 6.07) is 3.20. The number of anilines is 1. The van der Waals surface area contributed by atoms with Crippen molar-refractivity contribution in [2.45, 2.75) is 52.2 Å². The lowest BCUT2D eigenvalue weighted by Crippen LogP contribution is -2.46. The summed E-state index contributed by atoms with van der Waals surface area (Å²) in [6.07, 6.45) is 4.57. The molecule has 1 saturated heterocycles. The summed E-state index contributed by atoms with van der Waals surface area (Å²) in [7, 11) is 1.71. The highest BCUT2D eigenvalue weighted by Crippen LogP contribution is 2.24. The normalized spacial score (nSPS) is 16.6. The quantitative estimate of drug-likeness (QED) is 0.742. The van der Waals surface area contributed by atoms with E-state index >= 15 is 0 Å². The fourth-order valence-corrected chi connectivity index (χ4v) is 3.58. The maximum atomic E-state index is 12.6. The Bertz CT molecular complexity index is 938. The van der Waals surface area contributed by atoms with Gasteiger partial charge in [-0.15, -0.1) is 0 Å². The Morgan fingerprint density at radius 1 is 1.33 bits per heavy atom. The first-order valence-electron chi connectivity index (χ1n) is 10.3. The minimum Gasteiger partial charge on any atom is -0.444 e. The predicted molar refractivity (Wildman–Crippen MR) is 114 cm³/mol. The molecule has 3 rings (SSSR count). The number of rotatable bonds is 5. The molecule has 3 heterocycles. The zero-order valence-corrected chi connectivity index (χ0v) is 18.3. The van der Waals surface area contributed by atoms with E-state index in [1.54, 1.807) is 24.2 Å². The molecule has 0 saturated carbocycles. The molecule has 9 nitrogen and oxygen atoms in total. The first-order chi connectivity index (χ1) is 14.2. The molecule has 0 aromatic carbocycles. The lowest BCUT2D eigenvalue weighted by molar-refractivity contribution is 0.0231. The first-order valence-corrected chi connectivity index (χ1v) is 10.3. The van der Waals surface area contributed by atoms with E-state index in [0.717, 1.165) is 12.8 Å². The van der Waals surface area contributed by atoms with Gasteiger partial charge in [-0.05, 0) is 46.6 Å². The molecule has 9 heteroatoms. The maximum Gasteiger partial charge on any atom is 0.410 e. The number of carbonyl (C=O) groups excluding carboxylic acids is 1. The van der Waals surface area contributed by atoms with Crippen molar-refractivity contribution in [3.05, 3.63) is 35.0 Å². The fraction of sp³-hybridized carbons (Fsp3) is 0.571. The standard InChI is InChI=1S/C21H30N6O3/c1-6-26(13-15-8-7-11-27(15)20(29)30-21(2,3)4)19-24-17(12-18(28)25(19)5)16-9-10-22-14-23-16/h9-10,12,14-15H,6-8,11,13H2,1-5H3. The fourth-order valence-electron chi connectivity index (χ4n) is 3.58. The number of carbonyl (C=O) groups is 1. The van der Waals surface area contributed by atoms with Crippen molar-refractivity contribution in [1.29, 1.82) is 0 Å². The van der Waals surface area contributed by atoms with Crippen LogP contribution in [0.15, 0.2) is 29.5 Å². The van der Waals surface area contributed by atoms with Crippen LogP contribution in [0, 0.1) is 0 Å². The van der Waals surface area contributed by atoms with Crippen LogP contribution >= 0.6 is 0 Å². The van der Waals surface area contributed by atoms with Gasteiger partial charge in [-0.1, -0.05) is 0 Å². The second kappa shape index (κ2) is 8.81. The molecule has 30 heavy (non-hydrogen) atoms. The summed E-state index contributed by atoms with van der Waals surface area (Å²) >= 11 is 0. The van der Waals surface area contributed by atoms with E-state index in [1.165, 1.54) is 17.0 Å². The van der Waals surface area contributed by atoms with Crippen LogP contribution in [0.25, 0.3) is 11.4 Å². The molecule has 1 aliphatic rings. The number of likely N-dealkylation sites (N-methyl/N-ethyl adjacent to an activating group) is 1. The molecule has 0 N–H and O–H groups in total. The summed E-state index contributed by atoms with van der Waals surface area (Å²) < 4.78 is 7.10. The molecular weight excluding hydrogens is 384 g/mol. The molecule has 1 fully saturated rings. The Labute approximate surface area is 176 Å². The molecule has 2 aromatic rings. The minimum absolute atomic E-state index is 0.000548. The molecule has 1 unspecified atom stereocenters. The number of likely N-dealkylation sites (tertiary alicyclic amines) is 1. The molecule has 2 aromatic heterocycles. The Morgan fingerprint density at radius 2 is 2.10 bits per heavy atom. The van der Waals surface area contributed by atoms with Crippen LogP contribution in [0.3, 0.4) is 0 Å². The second-order valence-electron chi connectivity index (χ2n) is 8.44. The smallest absolute Gasteiger partial charge is 0.410 e. The highest BCUT2D eigenvalue weighted by molar-refractivity contribution is 5.69. The summed E-state index contributed by atoms with van der Waals surface area (Å²) in [5, 5.41) is 0. The summed E-state index contributed by atoms with van der Waals surface area (Å²) in [5.41, 5.74) is 0.398. The van der Waals surface area contributed by atoms with Gasteiger partial charge in [0.2, 0.25) is 5.95 Å². The van der Waals surface area contributed by atoms with Crippen molar-refractivity contribution in [2.75, 3.05) is 24.5 Å². The SMILES string of the molecule is CCN(CC1CCCN1C(=O)OC(C)(C)C)c1nc(-c2ccncn2)cc(=O)n1C. The largest absolute Gasteiger partial charge is 0.444 e. The molecule has 1 atom stereocenters. The van der Waals surface area contributed by atoms with Gasteiger partial charge in [-0.25, -0.2) is 19.7 Å². The Morgan fingerprint density at radius 3 is 2.73 bits per heavy atom. The first kappa shape index (κ1) is 21.7. The third-order valence-corrected chi connectivity index (χ3v) is 5.06. The van der Waals surface area contributed by atoms with Crippen molar-refractivity contribution in [3.8, 4) is 11.4 Å². The van der Waals surface area contributed by atoms with Crippen molar-refractivity contribution < 1.29 is 9.53 Å². The van der Waals surface area contributed by atoms with Gasteiger partial charge in [0.1, 0.15) is 11.9 Å². The molecule has 0 aliphatic carbocycles. The summed E-state index contributed by atoms with van der Waals surface area (Å²) in [6.45, 7) is 9.50. The Hall–Kier alpha value is -2.97. The van der Waals surface area contributed by atoms with Gasteiger partial charge in [0, 0.05) is 38.9 Å². The van der Waals surface area contributed by atoms with Crippen LogP contribution in [-0.2, 0) is 11.8 Å². The van der Waals surface area contributed by atoms with Gasteiger partial charge >= 0.3 is 6.09 Å². The highest BCUT2D eigenvalue weighted by Gasteiger charge is 2.33. The maximum absolute atomic E-state index is 12.6. The second-order valence-corrected chi connectivity index (χ2v) is 8.44. The van der Waals surface area contributed by atoms with Gasteiger partial charge in [0.25, 0.3) is 5.56 Å². The van der Waals surface area contributed by atoms with E-state index in [9.17, 15) is 9.59 Å². The van der Waals surface area contributed by atoms with Crippen LogP contribution in [0.4, 0.5) is 10.7 Å². The van der Waals surface area contributed by atoms with Crippen LogP contribution in [0.1, 0.15) is 40.5 Å². The monoisotopic (exact) mass is 414 g/mol. The molecule has 162 valence electrons. The number of ether oxygens (including phenoxy) is 1. The van der Waals surface area contributed by atoms with Crippen molar-refractivity contribution in [2.24, 2.45) is 7.05 Å². The van der Waals surface area contributed by atoms with E-state index < -0.39 is 5.60 Å². The molecule has 0 spiro atoms. The van der Waals surface area contributed by atoms with Gasteiger partial charge in [0.05, 0.1) is 17.4 Å². The van der Waals surface area contributed by atoms with Gasteiger partial charge in [-0.3, -0.25) is 9.36 Å². The third-order valence-electron chi connectivity index (χ3n) is 5.06. The summed E-state index contributed by atoms with van der Waals surface area (Å²) in [5.74, 6) is 0.551. The topological polar surface area (TPSA) is 93.5 Å². The number of hydrogen-bond acceptors (Lipinski definition) is 7. The van der Waals surface area contributed by atoms with Crippen LogP contribution in [-0.4, -0.2) is 61.8 Å². The average Bonchev–Trinajstić information content (AvgIpc) is 3.16. The van der Waals surface area contributed by atoms with Crippen LogP contribution < -0.4 is 10.5 Å². The zero-order chi connectivity index (χ0) is 21.9. The minimum atomic E-state index is -0.536. The Kier molecular flexibility index (Phi) is 6.38. The Balaban J connectivity index is 1.86. The summed E-state index contributed by atoms with van der Waals surface area (Å²) in [4.78, 5) is 41.9. The van der Waals surface area contributed by atoms with Crippen molar-refractivity contribution in [3.63, 3.8) is 0 Å². The molecule has 1 amide bonds. The molecule has 0 radical (unpaired) electrons. The molecular formula is C21H30N6O3. The zero-order valence-electron chi connectivity index (χ0n) is 18.3. The number of hydrogen-bond donors (Lipinski definition) is 0. The van der Waals surface area contributed by atoms with Crippen molar-refractivity contribution in [1.82, 2.24) is 24.4 Å². The van der Waals surface area contributed by atoms with E-state index in [0.29, 0.717) is 37.0 Å². The van der Waals surface area contributed by atoms with Crippen molar-refractivity contribution >= 4 is 12.0 Å². The lowest BCUT2D eigenvalue weighted by Gasteiger charge is -2.32. The van der Waals surface area contributed by atoms with E-state index in [-0.39, 0.29) is 17.7 Å². The average molecular weight is 415 g/mol. The van der Waals surface area contributed by atoms with Crippen LogP contribution in [0.5, 0.6) is 0 Å². The van der Waals surface area contributed by atoms with E-state index in [1.807, 2.05) is 32.6 Å².